The lowest BCUT2D eigenvalue weighted by atomic mass is 10.2. The SMILES string of the molecule is Nc1ncnc2c1ncn2C1OC(/C=C/P(O)O)CC1F. The van der Waals surface area contributed by atoms with Crippen molar-refractivity contribution in [2.24, 2.45) is 0 Å². The van der Waals surface area contributed by atoms with Gasteiger partial charge in [-0.25, -0.2) is 19.3 Å². The molecule has 3 unspecified atom stereocenters. The quantitative estimate of drug-likeness (QED) is 0.718. The highest BCUT2D eigenvalue weighted by Gasteiger charge is 2.36. The molecule has 2 aromatic heterocycles. The smallest absolute Gasteiger partial charge is 0.191 e. The van der Waals surface area contributed by atoms with E-state index in [2.05, 4.69) is 15.0 Å². The number of anilines is 1. The first-order valence-electron chi connectivity index (χ1n) is 6.14. The number of alkyl halides is 1. The average Bonchev–Trinajstić information content (AvgIpc) is 3.01. The van der Waals surface area contributed by atoms with Gasteiger partial charge in [0.1, 0.15) is 18.0 Å². The van der Waals surface area contributed by atoms with E-state index in [1.807, 2.05) is 0 Å². The second kappa shape index (κ2) is 5.61. The van der Waals surface area contributed by atoms with Gasteiger partial charge >= 0.3 is 0 Å². The largest absolute Gasteiger partial charge is 0.382 e. The second-order valence-corrected chi connectivity index (χ2v) is 5.50. The van der Waals surface area contributed by atoms with Crippen LogP contribution >= 0.6 is 8.38 Å². The number of nitrogen functional groups attached to an aromatic ring is 1. The van der Waals surface area contributed by atoms with Crippen molar-refractivity contribution in [3.63, 3.8) is 0 Å². The van der Waals surface area contributed by atoms with Gasteiger partial charge in [-0.2, -0.15) is 0 Å². The molecule has 10 heteroatoms. The van der Waals surface area contributed by atoms with Crippen molar-refractivity contribution in [2.75, 3.05) is 5.73 Å². The fourth-order valence-electron chi connectivity index (χ4n) is 2.25. The number of rotatable bonds is 3. The van der Waals surface area contributed by atoms with Crippen molar-refractivity contribution in [3.8, 4) is 0 Å². The van der Waals surface area contributed by atoms with Crippen molar-refractivity contribution >= 4 is 25.4 Å². The molecule has 21 heavy (non-hydrogen) atoms. The Labute approximate surface area is 120 Å². The summed E-state index contributed by atoms with van der Waals surface area (Å²) in [6, 6.07) is 0. The van der Waals surface area contributed by atoms with Gasteiger partial charge in [0.05, 0.1) is 12.4 Å². The van der Waals surface area contributed by atoms with Crippen LogP contribution in [0, 0.1) is 0 Å². The Bertz CT molecular complexity index is 679. The highest BCUT2D eigenvalue weighted by molar-refractivity contribution is 7.48. The highest BCUT2D eigenvalue weighted by atomic mass is 31.2. The first-order valence-corrected chi connectivity index (χ1v) is 7.45. The predicted octanol–water partition coefficient (Wildman–Crippen LogP) is 0.844. The number of fused-ring (bicyclic) bond motifs is 1. The number of hydrogen-bond donors (Lipinski definition) is 3. The van der Waals surface area contributed by atoms with Crippen LogP contribution in [0.1, 0.15) is 12.6 Å². The van der Waals surface area contributed by atoms with E-state index in [4.69, 9.17) is 20.3 Å². The van der Waals surface area contributed by atoms with Crippen molar-refractivity contribution in [3.05, 3.63) is 24.5 Å². The fourth-order valence-corrected chi connectivity index (χ4v) is 2.60. The Morgan fingerprint density at radius 2 is 2.24 bits per heavy atom. The third kappa shape index (κ3) is 2.73. The third-order valence-electron chi connectivity index (χ3n) is 3.18. The van der Waals surface area contributed by atoms with E-state index in [-0.39, 0.29) is 12.2 Å². The maximum Gasteiger partial charge on any atom is 0.191 e. The van der Waals surface area contributed by atoms with Crippen molar-refractivity contribution in [1.82, 2.24) is 19.5 Å². The summed E-state index contributed by atoms with van der Waals surface area (Å²) in [5.41, 5.74) is 6.47. The number of nitrogens with two attached hydrogens (primary N) is 1. The van der Waals surface area contributed by atoms with E-state index < -0.39 is 26.9 Å². The molecule has 3 heterocycles. The molecule has 0 radical (unpaired) electrons. The monoisotopic (exact) mass is 313 g/mol. The molecule has 1 saturated heterocycles. The summed E-state index contributed by atoms with van der Waals surface area (Å²) < 4.78 is 21.2. The normalized spacial score (nSPS) is 26.4. The van der Waals surface area contributed by atoms with Gasteiger partial charge in [-0.05, 0) is 5.82 Å². The minimum absolute atomic E-state index is 0.116. The molecule has 8 nitrogen and oxygen atoms in total. The molecule has 112 valence electrons. The molecule has 2 aromatic rings. The summed E-state index contributed by atoms with van der Waals surface area (Å²) in [6.07, 6.45) is 1.56. The van der Waals surface area contributed by atoms with Gasteiger partial charge in [0, 0.05) is 6.42 Å². The van der Waals surface area contributed by atoms with E-state index >= 15 is 0 Å². The molecular formula is C11H13FN5O3P. The maximum atomic E-state index is 14.2. The summed E-state index contributed by atoms with van der Waals surface area (Å²) >= 11 is 0. The molecule has 3 rings (SSSR count). The Morgan fingerprint density at radius 3 is 3.00 bits per heavy atom. The molecule has 1 aliphatic heterocycles. The molecule has 3 atom stereocenters. The summed E-state index contributed by atoms with van der Waals surface area (Å²) in [4.78, 5) is 29.6. The zero-order chi connectivity index (χ0) is 15.0. The lowest BCUT2D eigenvalue weighted by molar-refractivity contribution is 0.000301. The average molecular weight is 313 g/mol. The second-order valence-electron chi connectivity index (χ2n) is 4.56. The van der Waals surface area contributed by atoms with Gasteiger partial charge in [-0.15, -0.1) is 0 Å². The first kappa shape index (κ1) is 14.3. The summed E-state index contributed by atoms with van der Waals surface area (Å²) in [5.74, 6) is 1.41. The Balaban J connectivity index is 1.88. The van der Waals surface area contributed by atoms with Crippen LogP contribution < -0.4 is 5.73 Å². The first-order chi connectivity index (χ1) is 10.1. The number of imidazole rings is 1. The standard InChI is InChI=1S/C11H13FN5O3P/c12-7-3-6(1-2-21(18)19)20-11(7)17-5-16-8-9(13)14-4-15-10(8)17/h1-2,4-7,11,18-19H,3H2,(H2,13,14,15)/b2-1+. The molecule has 0 bridgehead atoms. The molecule has 1 aliphatic rings. The summed E-state index contributed by atoms with van der Waals surface area (Å²) in [6.45, 7) is 0. The lowest BCUT2D eigenvalue weighted by Gasteiger charge is -2.14. The zero-order valence-corrected chi connectivity index (χ0v) is 11.6. The van der Waals surface area contributed by atoms with Gasteiger partial charge in [0.25, 0.3) is 0 Å². The van der Waals surface area contributed by atoms with Crippen LogP contribution in [0.15, 0.2) is 24.5 Å². The van der Waals surface area contributed by atoms with Gasteiger partial charge in [-0.3, -0.25) is 4.57 Å². The number of halogens is 1. The van der Waals surface area contributed by atoms with Crippen molar-refractivity contribution in [1.29, 1.82) is 0 Å². The van der Waals surface area contributed by atoms with Crippen LogP contribution in [0.25, 0.3) is 11.2 Å². The molecule has 0 aliphatic carbocycles. The lowest BCUT2D eigenvalue weighted by Crippen LogP contribution is -2.16. The minimum Gasteiger partial charge on any atom is -0.382 e. The molecule has 0 spiro atoms. The molecule has 0 aromatic carbocycles. The van der Waals surface area contributed by atoms with Crippen LogP contribution in [0.2, 0.25) is 0 Å². The maximum absolute atomic E-state index is 14.2. The van der Waals surface area contributed by atoms with Gasteiger partial charge < -0.3 is 20.3 Å². The van der Waals surface area contributed by atoms with Crippen LogP contribution in [0.5, 0.6) is 0 Å². The third-order valence-corrected chi connectivity index (χ3v) is 3.62. The van der Waals surface area contributed by atoms with Crippen LogP contribution in [0.3, 0.4) is 0 Å². The number of aromatic nitrogens is 4. The molecule has 4 N–H and O–H groups in total. The minimum atomic E-state index is -2.16. The van der Waals surface area contributed by atoms with Crippen LogP contribution in [-0.4, -0.2) is 41.6 Å². The fraction of sp³-hybridized carbons (Fsp3) is 0.364. The highest BCUT2D eigenvalue weighted by Crippen LogP contribution is 2.35. The molecule has 1 fully saturated rings. The Morgan fingerprint density at radius 1 is 1.43 bits per heavy atom. The Kier molecular flexibility index (Phi) is 3.81. The molecular weight excluding hydrogens is 300 g/mol. The van der Waals surface area contributed by atoms with Crippen LogP contribution in [-0.2, 0) is 4.74 Å². The van der Waals surface area contributed by atoms with Crippen molar-refractivity contribution < 1.29 is 18.9 Å². The van der Waals surface area contributed by atoms with Crippen LogP contribution in [0.4, 0.5) is 10.2 Å². The van der Waals surface area contributed by atoms with Crippen molar-refractivity contribution in [2.45, 2.75) is 24.9 Å². The molecule has 0 saturated carbocycles. The van der Waals surface area contributed by atoms with Gasteiger partial charge in [0.2, 0.25) is 0 Å². The summed E-state index contributed by atoms with van der Waals surface area (Å²) in [5, 5.41) is 0. The Hall–Kier alpha value is -1.67. The molecule has 0 amide bonds. The van der Waals surface area contributed by atoms with Gasteiger partial charge in [-0.1, -0.05) is 6.08 Å². The number of nitrogens with zero attached hydrogens (tertiary/aromatic N) is 4. The predicted molar refractivity (Wildman–Crippen MR) is 73.7 cm³/mol. The zero-order valence-electron chi connectivity index (χ0n) is 10.7. The van der Waals surface area contributed by atoms with E-state index in [1.165, 1.54) is 29.1 Å². The number of ether oxygens (including phenoxy) is 1. The van der Waals surface area contributed by atoms with Gasteiger partial charge in [0.15, 0.2) is 26.1 Å². The summed E-state index contributed by atoms with van der Waals surface area (Å²) in [7, 11) is -2.16. The van der Waals surface area contributed by atoms with E-state index in [0.717, 1.165) is 0 Å². The van der Waals surface area contributed by atoms with E-state index in [1.54, 1.807) is 0 Å². The van der Waals surface area contributed by atoms with E-state index in [9.17, 15) is 4.39 Å². The topological polar surface area (TPSA) is 119 Å². The number of hydrogen-bond acceptors (Lipinski definition) is 7. The van der Waals surface area contributed by atoms with E-state index in [0.29, 0.717) is 11.2 Å².